The zero-order valence-electron chi connectivity index (χ0n) is 12.6. The van der Waals surface area contributed by atoms with Gasteiger partial charge in [-0.15, -0.1) is 0 Å². The van der Waals surface area contributed by atoms with Gasteiger partial charge in [0.15, 0.2) is 5.78 Å². The van der Waals surface area contributed by atoms with Crippen LogP contribution in [-0.2, 0) is 4.79 Å². The molecular formula is C17H19NO3. The summed E-state index contributed by atoms with van der Waals surface area (Å²) < 4.78 is 5.23. The first-order valence-corrected chi connectivity index (χ1v) is 7.20. The Kier molecular flexibility index (Phi) is 3.12. The number of fused-ring (bicyclic) bond motifs is 1. The Bertz CT molecular complexity index is 658. The molecular weight excluding hydrogens is 266 g/mol. The van der Waals surface area contributed by atoms with Crippen molar-refractivity contribution in [1.29, 1.82) is 0 Å². The van der Waals surface area contributed by atoms with Crippen LogP contribution in [0.15, 0.2) is 23.9 Å². The van der Waals surface area contributed by atoms with Crippen LogP contribution in [0, 0.1) is 5.41 Å². The Balaban J connectivity index is 2.15. The number of Topliss-reactive ketones (excluding diaryl/α,β-unsaturated/α-hetero) is 1. The Morgan fingerprint density at radius 1 is 1.24 bits per heavy atom. The number of amides is 1. The molecule has 4 heteroatoms. The molecule has 1 aromatic carbocycles. The lowest BCUT2D eigenvalue weighted by Crippen LogP contribution is -2.39. The van der Waals surface area contributed by atoms with Crippen LogP contribution in [-0.4, -0.2) is 30.2 Å². The highest BCUT2D eigenvalue weighted by molar-refractivity contribution is 6.08. The number of allylic oxidation sites excluding steroid dienone is 1. The van der Waals surface area contributed by atoms with Crippen molar-refractivity contribution in [1.82, 2.24) is 4.90 Å². The summed E-state index contributed by atoms with van der Waals surface area (Å²) in [6, 6.07) is 5.45. The summed E-state index contributed by atoms with van der Waals surface area (Å²) in [4.78, 5) is 26.6. The predicted octanol–water partition coefficient (Wildman–Crippen LogP) is 2.88. The fourth-order valence-electron chi connectivity index (χ4n) is 3.09. The number of methoxy groups -OCH3 is 1. The number of hydrogen-bond acceptors (Lipinski definition) is 3. The third-order valence-corrected chi connectivity index (χ3v) is 4.37. The number of rotatable bonds is 2. The highest BCUT2D eigenvalue weighted by Crippen LogP contribution is 2.41. The molecule has 0 radical (unpaired) electrons. The molecule has 21 heavy (non-hydrogen) atoms. The first kappa shape index (κ1) is 13.9. The quantitative estimate of drug-likeness (QED) is 0.839. The lowest BCUT2D eigenvalue weighted by Gasteiger charge is -2.36. The van der Waals surface area contributed by atoms with Crippen LogP contribution in [0.5, 0.6) is 5.75 Å². The average Bonchev–Trinajstić information content (AvgIpc) is 2.88. The monoisotopic (exact) mass is 285 g/mol. The van der Waals surface area contributed by atoms with Crippen molar-refractivity contribution in [3.63, 3.8) is 0 Å². The van der Waals surface area contributed by atoms with E-state index in [1.54, 1.807) is 24.1 Å². The molecule has 0 bridgehead atoms. The molecule has 1 heterocycles. The second-order valence-electron chi connectivity index (χ2n) is 6.09. The third-order valence-electron chi connectivity index (χ3n) is 4.37. The summed E-state index contributed by atoms with van der Waals surface area (Å²) >= 11 is 0. The molecule has 1 saturated heterocycles. The second-order valence-corrected chi connectivity index (χ2v) is 6.09. The van der Waals surface area contributed by atoms with Crippen molar-refractivity contribution in [2.24, 2.45) is 5.41 Å². The number of nitrogens with zero attached hydrogens (tertiary/aromatic N) is 1. The van der Waals surface area contributed by atoms with Gasteiger partial charge in [0.2, 0.25) is 5.91 Å². The van der Waals surface area contributed by atoms with Crippen LogP contribution >= 0.6 is 0 Å². The molecule has 1 aliphatic carbocycles. The van der Waals surface area contributed by atoms with Crippen LogP contribution in [0.1, 0.15) is 42.6 Å². The fourth-order valence-corrected chi connectivity index (χ4v) is 3.09. The topological polar surface area (TPSA) is 46.6 Å². The van der Waals surface area contributed by atoms with E-state index in [1.165, 1.54) is 0 Å². The molecule has 4 nitrogen and oxygen atoms in total. The Morgan fingerprint density at radius 3 is 2.62 bits per heavy atom. The van der Waals surface area contributed by atoms with Gasteiger partial charge in [-0.2, -0.15) is 0 Å². The molecule has 0 atom stereocenters. The van der Waals surface area contributed by atoms with E-state index < -0.39 is 5.41 Å². The van der Waals surface area contributed by atoms with E-state index in [0.717, 1.165) is 17.7 Å². The summed E-state index contributed by atoms with van der Waals surface area (Å²) in [6.07, 6.45) is 3.38. The first-order valence-electron chi connectivity index (χ1n) is 7.20. The molecule has 110 valence electrons. The maximum Gasteiger partial charge on any atom is 0.226 e. The van der Waals surface area contributed by atoms with Crippen LogP contribution < -0.4 is 4.74 Å². The minimum Gasteiger partial charge on any atom is -0.497 e. The van der Waals surface area contributed by atoms with Gasteiger partial charge in [0.05, 0.1) is 12.5 Å². The molecule has 1 fully saturated rings. The smallest absolute Gasteiger partial charge is 0.226 e. The highest BCUT2D eigenvalue weighted by Gasteiger charge is 2.42. The lowest BCUT2D eigenvalue weighted by atomic mass is 9.75. The van der Waals surface area contributed by atoms with E-state index in [1.807, 2.05) is 26.0 Å². The van der Waals surface area contributed by atoms with Crippen molar-refractivity contribution in [2.75, 3.05) is 13.7 Å². The van der Waals surface area contributed by atoms with Gasteiger partial charge >= 0.3 is 0 Å². The number of ether oxygens (including phenoxy) is 1. The summed E-state index contributed by atoms with van der Waals surface area (Å²) in [7, 11) is 1.60. The van der Waals surface area contributed by atoms with Gasteiger partial charge in [0.25, 0.3) is 0 Å². The van der Waals surface area contributed by atoms with E-state index in [9.17, 15) is 9.59 Å². The van der Waals surface area contributed by atoms with Gasteiger partial charge in [-0.05, 0) is 50.1 Å². The zero-order chi connectivity index (χ0) is 15.2. The molecule has 0 N–H and O–H groups in total. The minimum absolute atomic E-state index is 0.0531. The molecule has 0 spiro atoms. The maximum atomic E-state index is 12.8. The first-order chi connectivity index (χ1) is 9.95. The van der Waals surface area contributed by atoms with Crippen LogP contribution in [0.2, 0.25) is 0 Å². The molecule has 0 unspecified atom stereocenters. The number of likely N-dealkylation sites (tertiary alicyclic amines) is 1. The van der Waals surface area contributed by atoms with Crippen molar-refractivity contribution in [3.05, 3.63) is 35.0 Å². The van der Waals surface area contributed by atoms with E-state index in [-0.39, 0.29) is 11.7 Å². The van der Waals surface area contributed by atoms with Crippen LogP contribution in [0.25, 0.3) is 6.08 Å². The van der Waals surface area contributed by atoms with Crippen molar-refractivity contribution < 1.29 is 14.3 Å². The Labute approximate surface area is 124 Å². The summed E-state index contributed by atoms with van der Waals surface area (Å²) in [6.45, 7) is 4.47. The van der Waals surface area contributed by atoms with Crippen LogP contribution in [0.4, 0.5) is 0 Å². The molecule has 1 aromatic rings. The Morgan fingerprint density at radius 2 is 2.00 bits per heavy atom. The summed E-state index contributed by atoms with van der Waals surface area (Å²) in [5, 5.41) is 0. The van der Waals surface area contributed by atoms with E-state index >= 15 is 0 Å². The molecule has 3 rings (SSSR count). The van der Waals surface area contributed by atoms with Gasteiger partial charge in [-0.3, -0.25) is 9.59 Å². The number of carbonyl (C=O) groups excluding carboxylic acids is 2. The SMILES string of the molecule is COc1ccc2c(c1)C=C(N1CCCC1=O)C(C)(C)C2=O. The van der Waals surface area contributed by atoms with Gasteiger partial charge < -0.3 is 9.64 Å². The normalized spacial score (nSPS) is 20.3. The summed E-state index contributed by atoms with van der Waals surface area (Å²) in [5.74, 6) is 0.871. The summed E-state index contributed by atoms with van der Waals surface area (Å²) in [5.41, 5.74) is 1.64. The zero-order valence-corrected chi connectivity index (χ0v) is 12.6. The van der Waals surface area contributed by atoms with Gasteiger partial charge in [0, 0.05) is 24.2 Å². The average molecular weight is 285 g/mol. The number of carbonyl (C=O) groups is 2. The predicted molar refractivity (Wildman–Crippen MR) is 80.0 cm³/mol. The van der Waals surface area contributed by atoms with Crippen LogP contribution in [0.3, 0.4) is 0 Å². The van der Waals surface area contributed by atoms with E-state index in [0.29, 0.717) is 24.3 Å². The number of benzene rings is 1. The standard InChI is InChI=1S/C17H19NO3/c1-17(2)14(18-8-4-5-15(18)19)10-11-9-12(21-3)6-7-13(11)16(17)20/h6-7,9-10H,4-5,8H2,1-3H3. The van der Waals surface area contributed by atoms with Gasteiger partial charge in [-0.1, -0.05) is 0 Å². The molecule has 0 aromatic heterocycles. The number of hydrogen-bond donors (Lipinski definition) is 0. The molecule has 1 aliphatic heterocycles. The van der Waals surface area contributed by atoms with E-state index in [2.05, 4.69) is 0 Å². The van der Waals surface area contributed by atoms with Crippen molar-refractivity contribution in [2.45, 2.75) is 26.7 Å². The van der Waals surface area contributed by atoms with E-state index in [4.69, 9.17) is 4.74 Å². The van der Waals surface area contributed by atoms with Crippen molar-refractivity contribution in [3.8, 4) is 5.75 Å². The maximum absolute atomic E-state index is 12.8. The highest BCUT2D eigenvalue weighted by atomic mass is 16.5. The largest absolute Gasteiger partial charge is 0.497 e. The minimum atomic E-state index is -0.679. The molecule has 2 aliphatic rings. The van der Waals surface area contributed by atoms with Gasteiger partial charge in [-0.25, -0.2) is 0 Å². The second kappa shape index (κ2) is 4.72. The fraction of sp³-hybridized carbons (Fsp3) is 0.412. The van der Waals surface area contributed by atoms with Gasteiger partial charge in [0.1, 0.15) is 5.75 Å². The van der Waals surface area contributed by atoms with Crippen molar-refractivity contribution >= 4 is 17.8 Å². The third kappa shape index (κ3) is 2.06. The lowest BCUT2D eigenvalue weighted by molar-refractivity contribution is -0.126. The molecule has 1 amide bonds. The Hall–Kier alpha value is -2.10. The molecule has 0 saturated carbocycles. The number of ketones is 1.